The number of fused-ring (bicyclic) bond motifs is 2. The van der Waals surface area contributed by atoms with Crippen LogP contribution in [0.4, 0.5) is 5.69 Å². The molecule has 168 valence electrons. The van der Waals surface area contributed by atoms with Crippen LogP contribution in [0, 0.1) is 0 Å². The fraction of sp³-hybridized carbons (Fsp3) is 0.391. The molecule has 1 atom stereocenters. The number of thioether (sulfide) groups is 1. The fourth-order valence-electron chi connectivity index (χ4n) is 4.50. The molecule has 3 aromatic rings. The summed E-state index contributed by atoms with van der Waals surface area (Å²) in [6.45, 7) is 3.16. The Balaban J connectivity index is 1.31. The fourth-order valence-corrected chi connectivity index (χ4v) is 6.74. The van der Waals surface area contributed by atoms with Gasteiger partial charge in [0.1, 0.15) is 5.52 Å². The summed E-state index contributed by atoms with van der Waals surface area (Å²) in [5.74, 6) is 0.202. The summed E-state index contributed by atoms with van der Waals surface area (Å²) in [6, 6.07) is 12.9. The zero-order valence-corrected chi connectivity index (χ0v) is 19.5. The third kappa shape index (κ3) is 3.93. The lowest BCUT2D eigenvalue weighted by Gasteiger charge is -2.25. The highest BCUT2D eigenvalue weighted by molar-refractivity contribution is 7.99. The molecule has 32 heavy (non-hydrogen) atoms. The van der Waals surface area contributed by atoms with Gasteiger partial charge in [-0.05, 0) is 56.0 Å². The normalized spacial score (nSPS) is 19.4. The van der Waals surface area contributed by atoms with Crippen molar-refractivity contribution in [3.63, 3.8) is 0 Å². The molecule has 1 saturated heterocycles. The van der Waals surface area contributed by atoms with Gasteiger partial charge in [-0.15, -0.1) is 0 Å². The molecule has 2 aromatic carbocycles. The van der Waals surface area contributed by atoms with Gasteiger partial charge < -0.3 is 9.32 Å². The molecule has 0 bridgehead atoms. The van der Waals surface area contributed by atoms with Gasteiger partial charge in [-0.25, -0.2) is 13.4 Å². The predicted octanol–water partition coefficient (Wildman–Crippen LogP) is 4.07. The summed E-state index contributed by atoms with van der Waals surface area (Å²) < 4.78 is 33.2. The van der Waals surface area contributed by atoms with Gasteiger partial charge in [-0.1, -0.05) is 36.4 Å². The first-order valence-corrected chi connectivity index (χ1v) is 13.3. The topological polar surface area (TPSA) is 83.7 Å². The molecule has 3 heterocycles. The zero-order valence-electron chi connectivity index (χ0n) is 17.9. The van der Waals surface area contributed by atoms with E-state index in [4.69, 9.17) is 4.42 Å². The van der Waals surface area contributed by atoms with Crippen molar-refractivity contribution in [2.45, 2.75) is 48.8 Å². The van der Waals surface area contributed by atoms with Gasteiger partial charge in [-0.3, -0.25) is 4.79 Å². The Bertz CT molecular complexity index is 1270. The van der Waals surface area contributed by atoms with Crippen molar-refractivity contribution >= 4 is 44.5 Å². The number of aromatic nitrogens is 1. The first-order chi connectivity index (χ1) is 15.4. The maximum absolute atomic E-state index is 12.9. The van der Waals surface area contributed by atoms with Gasteiger partial charge in [-0.2, -0.15) is 4.31 Å². The highest BCUT2D eigenvalue weighted by atomic mass is 32.2. The van der Waals surface area contributed by atoms with Crippen LogP contribution in [0.2, 0.25) is 0 Å². The Morgan fingerprint density at radius 1 is 1.16 bits per heavy atom. The number of carbonyl (C=O) groups is 1. The van der Waals surface area contributed by atoms with Crippen molar-refractivity contribution in [3.05, 3.63) is 48.0 Å². The molecule has 7 nitrogen and oxygen atoms in total. The van der Waals surface area contributed by atoms with E-state index in [0.717, 1.165) is 31.4 Å². The minimum atomic E-state index is -3.53. The minimum absolute atomic E-state index is 0.00284. The molecule has 1 aromatic heterocycles. The van der Waals surface area contributed by atoms with E-state index in [1.165, 1.54) is 17.3 Å². The molecule has 2 aliphatic rings. The molecular formula is C23H25N3O4S2. The Morgan fingerprint density at radius 2 is 1.94 bits per heavy atom. The van der Waals surface area contributed by atoms with Crippen molar-refractivity contribution in [2.75, 3.05) is 23.7 Å². The number of piperidine rings is 1. The number of anilines is 1. The van der Waals surface area contributed by atoms with E-state index in [9.17, 15) is 13.2 Å². The summed E-state index contributed by atoms with van der Waals surface area (Å²) in [4.78, 5) is 19.4. The molecule has 1 fully saturated rings. The zero-order chi connectivity index (χ0) is 22.3. The molecule has 9 heteroatoms. The predicted molar refractivity (Wildman–Crippen MR) is 124 cm³/mol. The van der Waals surface area contributed by atoms with E-state index in [-0.39, 0.29) is 22.6 Å². The van der Waals surface area contributed by atoms with Crippen LogP contribution in [0.5, 0.6) is 0 Å². The number of hydrogen-bond donors (Lipinski definition) is 0. The van der Waals surface area contributed by atoms with E-state index >= 15 is 0 Å². The third-order valence-corrected chi connectivity index (χ3v) is 8.79. The van der Waals surface area contributed by atoms with Crippen molar-refractivity contribution < 1.29 is 17.6 Å². The van der Waals surface area contributed by atoms with Crippen LogP contribution in [0.3, 0.4) is 0 Å². The summed E-state index contributed by atoms with van der Waals surface area (Å²) >= 11 is 1.23. The number of oxazole rings is 1. The van der Waals surface area contributed by atoms with Crippen LogP contribution in [0.25, 0.3) is 11.1 Å². The summed E-state index contributed by atoms with van der Waals surface area (Å²) in [6.07, 6.45) is 3.69. The van der Waals surface area contributed by atoms with Gasteiger partial charge >= 0.3 is 0 Å². The average Bonchev–Trinajstić information content (AvgIpc) is 3.37. The first-order valence-electron chi connectivity index (χ1n) is 10.9. The maximum Gasteiger partial charge on any atom is 0.257 e. The summed E-state index contributed by atoms with van der Waals surface area (Å²) in [7, 11) is -3.53. The van der Waals surface area contributed by atoms with Crippen LogP contribution in [-0.4, -0.2) is 48.5 Å². The smallest absolute Gasteiger partial charge is 0.257 e. The van der Waals surface area contributed by atoms with Crippen molar-refractivity contribution in [3.8, 4) is 0 Å². The molecule has 1 amide bonds. The van der Waals surface area contributed by atoms with Crippen molar-refractivity contribution in [1.29, 1.82) is 0 Å². The Hall–Kier alpha value is -2.36. The molecule has 0 spiro atoms. The number of carbonyl (C=O) groups excluding carboxylic acids is 1. The third-order valence-electron chi connectivity index (χ3n) is 6.09. The highest BCUT2D eigenvalue weighted by Crippen LogP contribution is 2.33. The molecular weight excluding hydrogens is 446 g/mol. The molecule has 5 rings (SSSR count). The van der Waals surface area contributed by atoms with Gasteiger partial charge in [0.05, 0.1) is 10.6 Å². The molecule has 0 radical (unpaired) electrons. The maximum atomic E-state index is 12.9. The monoisotopic (exact) mass is 471 g/mol. The second-order valence-corrected chi connectivity index (χ2v) is 11.2. The quantitative estimate of drug-likeness (QED) is 0.522. The van der Waals surface area contributed by atoms with Crippen LogP contribution in [0.1, 0.15) is 31.7 Å². The average molecular weight is 472 g/mol. The summed E-state index contributed by atoms with van der Waals surface area (Å²) in [5, 5.41) is 0.362. The molecule has 0 unspecified atom stereocenters. The van der Waals surface area contributed by atoms with E-state index in [0.29, 0.717) is 29.4 Å². The molecule has 0 N–H and O–H groups in total. The van der Waals surface area contributed by atoms with Crippen LogP contribution < -0.4 is 4.90 Å². The molecule has 0 saturated carbocycles. The van der Waals surface area contributed by atoms with Gasteiger partial charge in [0.2, 0.25) is 15.9 Å². The van der Waals surface area contributed by atoms with Crippen LogP contribution in [-0.2, 0) is 21.2 Å². The van der Waals surface area contributed by atoms with E-state index in [2.05, 4.69) is 11.1 Å². The Morgan fingerprint density at radius 3 is 2.75 bits per heavy atom. The lowest BCUT2D eigenvalue weighted by Crippen LogP contribution is -2.36. The Kier molecular flexibility index (Phi) is 5.73. The standard InChI is InChI=1S/C23H25N3O4S2/c1-16-13-17-7-3-4-8-20(17)26(16)22(27)15-31-23-24-19-14-18(9-10-21(19)30-23)32(28,29)25-11-5-2-6-12-25/h3-4,7-10,14,16H,2,5-6,11-13,15H2,1H3/t16-/m0/s1. The lowest BCUT2D eigenvalue weighted by molar-refractivity contribution is -0.116. The van der Waals surface area contributed by atoms with Gasteiger partial charge in [0, 0.05) is 24.8 Å². The number of rotatable bonds is 5. The number of sulfonamides is 1. The van der Waals surface area contributed by atoms with Crippen LogP contribution >= 0.6 is 11.8 Å². The lowest BCUT2D eigenvalue weighted by atomic mass is 10.1. The number of para-hydroxylation sites is 1. The van der Waals surface area contributed by atoms with Gasteiger partial charge in [0.15, 0.2) is 5.58 Å². The first kappa shape index (κ1) is 21.5. The van der Waals surface area contributed by atoms with Crippen LogP contribution in [0.15, 0.2) is 57.0 Å². The molecule has 0 aliphatic carbocycles. The SMILES string of the molecule is C[C@H]1Cc2ccccc2N1C(=O)CSc1nc2cc(S(=O)(=O)N3CCCCC3)ccc2o1. The minimum Gasteiger partial charge on any atom is -0.431 e. The number of amides is 1. The second kappa shape index (κ2) is 8.53. The summed E-state index contributed by atoms with van der Waals surface area (Å²) in [5.41, 5.74) is 3.15. The number of nitrogens with zero attached hydrogens (tertiary/aromatic N) is 3. The second-order valence-electron chi connectivity index (χ2n) is 8.31. The molecule has 2 aliphatic heterocycles. The number of hydrogen-bond acceptors (Lipinski definition) is 6. The number of benzene rings is 2. The highest BCUT2D eigenvalue weighted by Gasteiger charge is 2.31. The van der Waals surface area contributed by atoms with Crippen molar-refractivity contribution in [2.24, 2.45) is 0 Å². The van der Waals surface area contributed by atoms with E-state index in [1.807, 2.05) is 30.0 Å². The largest absolute Gasteiger partial charge is 0.431 e. The van der Waals surface area contributed by atoms with Gasteiger partial charge in [0.25, 0.3) is 5.22 Å². The van der Waals surface area contributed by atoms with Crippen molar-refractivity contribution in [1.82, 2.24) is 9.29 Å². The van der Waals surface area contributed by atoms with E-state index < -0.39 is 10.0 Å². The Labute approximate surface area is 191 Å². The van der Waals surface area contributed by atoms with E-state index in [1.54, 1.807) is 22.5 Å².